The Balaban J connectivity index is 4.39. The third-order valence-corrected chi connectivity index (χ3v) is 13.8. The summed E-state index contributed by atoms with van der Waals surface area (Å²) in [6, 6.07) is 0. The number of rotatable bonds is 57. The molecule has 0 unspecified atom stereocenters. The van der Waals surface area contributed by atoms with Gasteiger partial charge in [0.05, 0.1) is 19.8 Å². The van der Waals surface area contributed by atoms with Crippen LogP contribution in [0.4, 0.5) is 0 Å². The molecule has 0 atom stereocenters. The summed E-state index contributed by atoms with van der Waals surface area (Å²) in [7, 11) is 0. The zero-order valence-electron chi connectivity index (χ0n) is 43.9. The molecule has 0 saturated heterocycles. The highest BCUT2D eigenvalue weighted by Gasteiger charge is 2.33. The first-order valence-corrected chi connectivity index (χ1v) is 29.7. The standard InChI is InChI=1S/C59H120O3/c1-5-9-13-16-19-22-25-28-31-34-37-40-43-46-49-52-56-60-59(55-12-8-4,61-57-53-50-47-44-41-38-35-32-29-26-23-20-17-14-10-6-2)62-58-54-51-48-45-42-39-36-33-30-27-24-21-18-15-11-7-3/h5-58H2,1-4H3. The first-order chi connectivity index (χ1) is 30.7. The minimum atomic E-state index is -0.837. The van der Waals surface area contributed by atoms with Gasteiger partial charge in [-0.05, 0) is 25.7 Å². The van der Waals surface area contributed by atoms with E-state index < -0.39 is 5.97 Å². The van der Waals surface area contributed by atoms with Gasteiger partial charge in [-0.1, -0.05) is 323 Å². The van der Waals surface area contributed by atoms with Crippen molar-refractivity contribution in [3.63, 3.8) is 0 Å². The van der Waals surface area contributed by atoms with Crippen LogP contribution in [0.25, 0.3) is 0 Å². The quantitative estimate of drug-likeness (QED) is 0.0450. The molecule has 0 aromatic heterocycles. The lowest BCUT2D eigenvalue weighted by Gasteiger charge is -2.34. The smallest absolute Gasteiger partial charge is 0.282 e. The summed E-state index contributed by atoms with van der Waals surface area (Å²) in [4.78, 5) is 0. The van der Waals surface area contributed by atoms with Crippen molar-refractivity contribution >= 4 is 0 Å². The molecule has 0 aliphatic carbocycles. The van der Waals surface area contributed by atoms with Crippen LogP contribution in [-0.4, -0.2) is 25.8 Å². The first kappa shape index (κ1) is 61.9. The normalized spacial score (nSPS) is 12.0. The van der Waals surface area contributed by atoms with E-state index in [1.807, 2.05) is 0 Å². The van der Waals surface area contributed by atoms with E-state index in [0.29, 0.717) is 0 Å². The Morgan fingerprint density at radius 3 is 0.484 bits per heavy atom. The Labute approximate surface area is 393 Å². The van der Waals surface area contributed by atoms with Gasteiger partial charge >= 0.3 is 0 Å². The van der Waals surface area contributed by atoms with Crippen molar-refractivity contribution in [3.8, 4) is 0 Å². The Kier molecular flexibility index (Phi) is 55.1. The monoisotopic (exact) mass is 877 g/mol. The molecule has 0 aliphatic heterocycles. The van der Waals surface area contributed by atoms with Crippen molar-refractivity contribution in [1.82, 2.24) is 0 Å². The van der Waals surface area contributed by atoms with Gasteiger partial charge in [0.15, 0.2) is 0 Å². The second-order valence-corrected chi connectivity index (χ2v) is 20.2. The second kappa shape index (κ2) is 55.2. The van der Waals surface area contributed by atoms with Gasteiger partial charge in [-0.2, -0.15) is 0 Å². The van der Waals surface area contributed by atoms with E-state index in [1.165, 1.54) is 289 Å². The average Bonchev–Trinajstić information content (AvgIpc) is 3.28. The summed E-state index contributed by atoms with van der Waals surface area (Å²) in [5.74, 6) is -0.837. The Hall–Kier alpha value is -0.120. The molecular formula is C59H120O3. The van der Waals surface area contributed by atoms with Crippen LogP contribution >= 0.6 is 0 Å². The lowest BCUT2D eigenvalue weighted by atomic mass is 10.0. The molecule has 0 fully saturated rings. The Morgan fingerprint density at radius 1 is 0.177 bits per heavy atom. The third kappa shape index (κ3) is 49.3. The summed E-state index contributed by atoms with van der Waals surface area (Å²) < 4.78 is 20.0. The van der Waals surface area contributed by atoms with Gasteiger partial charge in [0, 0.05) is 6.42 Å². The van der Waals surface area contributed by atoms with Crippen LogP contribution in [-0.2, 0) is 14.2 Å². The van der Waals surface area contributed by atoms with Crippen molar-refractivity contribution in [1.29, 1.82) is 0 Å². The lowest BCUT2D eigenvalue weighted by Crippen LogP contribution is -2.40. The Morgan fingerprint density at radius 2 is 0.323 bits per heavy atom. The second-order valence-electron chi connectivity index (χ2n) is 20.2. The number of hydrogen-bond acceptors (Lipinski definition) is 3. The highest BCUT2D eigenvalue weighted by atomic mass is 16.9. The van der Waals surface area contributed by atoms with Gasteiger partial charge in [-0.3, -0.25) is 0 Å². The molecular weight excluding hydrogens is 757 g/mol. The molecule has 0 saturated carbocycles. The maximum absolute atomic E-state index is 6.66. The molecule has 3 nitrogen and oxygen atoms in total. The maximum atomic E-state index is 6.66. The maximum Gasteiger partial charge on any atom is 0.282 e. The molecule has 0 rings (SSSR count). The predicted molar refractivity (Wildman–Crippen MR) is 279 cm³/mol. The van der Waals surface area contributed by atoms with Crippen molar-refractivity contribution < 1.29 is 14.2 Å². The third-order valence-electron chi connectivity index (χ3n) is 13.8. The van der Waals surface area contributed by atoms with E-state index in [9.17, 15) is 0 Å². The lowest BCUT2D eigenvalue weighted by molar-refractivity contribution is -0.384. The number of hydrogen-bond donors (Lipinski definition) is 0. The van der Waals surface area contributed by atoms with E-state index in [2.05, 4.69) is 27.7 Å². The zero-order chi connectivity index (χ0) is 44.8. The summed E-state index contributed by atoms with van der Waals surface area (Å²) in [6.07, 6.45) is 70.1. The minimum Gasteiger partial charge on any atom is -0.327 e. The molecule has 0 aromatic rings. The SMILES string of the molecule is CCCCCCCCCCCCCCCCCCOC(CCCC)(OCCCCCCCCCCCCCCCCCC)OCCCCCCCCCCCCCCCCCC. The van der Waals surface area contributed by atoms with E-state index in [-0.39, 0.29) is 0 Å². The van der Waals surface area contributed by atoms with Gasteiger partial charge in [0.25, 0.3) is 5.97 Å². The van der Waals surface area contributed by atoms with Crippen molar-refractivity contribution in [2.45, 2.75) is 361 Å². The molecule has 0 aliphatic rings. The van der Waals surface area contributed by atoms with E-state index in [0.717, 1.165) is 58.3 Å². The first-order valence-electron chi connectivity index (χ1n) is 29.7. The van der Waals surface area contributed by atoms with Gasteiger partial charge in [-0.25, -0.2) is 0 Å². The number of unbranched alkanes of at least 4 members (excludes halogenated alkanes) is 46. The van der Waals surface area contributed by atoms with Crippen LogP contribution in [0.2, 0.25) is 0 Å². The number of ether oxygens (including phenoxy) is 3. The van der Waals surface area contributed by atoms with Crippen LogP contribution in [0.15, 0.2) is 0 Å². The summed E-state index contributed by atoms with van der Waals surface area (Å²) in [5.41, 5.74) is 0. The summed E-state index contributed by atoms with van der Waals surface area (Å²) in [5, 5.41) is 0. The molecule has 0 radical (unpaired) electrons. The topological polar surface area (TPSA) is 27.7 Å². The molecule has 0 amide bonds. The van der Waals surface area contributed by atoms with Gasteiger partial charge in [0.1, 0.15) is 0 Å². The van der Waals surface area contributed by atoms with Crippen LogP contribution < -0.4 is 0 Å². The minimum absolute atomic E-state index is 0.764. The highest BCUT2D eigenvalue weighted by Crippen LogP contribution is 2.26. The molecule has 62 heavy (non-hydrogen) atoms. The van der Waals surface area contributed by atoms with E-state index in [4.69, 9.17) is 14.2 Å². The Bertz CT molecular complexity index is 675. The van der Waals surface area contributed by atoms with Crippen LogP contribution in [0.3, 0.4) is 0 Å². The molecule has 0 aromatic carbocycles. The average molecular weight is 878 g/mol. The van der Waals surface area contributed by atoms with Gasteiger partial charge in [0.2, 0.25) is 0 Å². The highest BCUT2D eigenvalue weighted by molar-refractivity contribution is 4.62. The molecule has 0 N–H and O–H groups in total. The molecule has 0 bridgehead atoms. The van der Waals surface area contributed by atoms with E-state index >= 15 is 0 Å². The van der Waals surface area contributed by atoms with Crippen molar-refractivity contribution in [3.05, 3.63) is 0 Å². The molecule has 3 heteroatoms. The fraction of sp³-hybridized carbons (Fsp3) is 1.00. The van der Waals surface area contributed by atoms with E-state index in [1.54, 1.807) is 0 Å². The zero-order valence-corrected chi connectivity index (χ0v) is 43.9. The molecule has 374 valence electrons. The van der Waals surface area contributed by atoms with Crippen LogP contribution in [0.5, 0.6) is 0 Å². The predicted octanol–water partition coefficient (Wildman–Crippen LogP) is 21.7. The largest absolute Gasteiger partial charge is 0.327 e. The van der Waals surface area contributed by atoms with Gasteiger partial charge in [-0.15, -0.1) is 0 Å². The summed E-state index contributed by atoms with van der Waals surface area (Å²) in [6.45, 7) is 11.5. The van der Waals surface area contributed by atoms with Gasteiger partial charge < -0.3 is 14.2 Å². The van der Waals surface area contributed by atoms with Crippen LogP contribution in [0, 0.1) is 0 Å². The summed E-state index contributed by atoms with van der Waals surface area (Å²) >= 11 is 0. The van der Waals surface area contributed by atoms with Crippen molar-refractivity contribution in [2.75, 3.05) is 19.8 Å². The van der Waals surface area contributed by atoms with Crippen molar-refractivity contribution in [2.24, 2.45) is 0 Å². The van der Waals surface area contributed by atoms with Crippen LogP contribution in [0.1, 0.15) is 355 Å². The molecule has 0 heterocycles. The molecule has 0 spiro atoms. The fourth-order valence-electron chi connectivity index (χ4n) is 9.37. The fourth-order valence-corrected chi connectivity index (χ4v) is 9.37.